The van der Waals surface area contributed by atoms with Crippen molar-refractivity contribution in [1.82, 2.24) is 10.2 Å². The minimum atomic E-state index is -4.09. The highest BCUT2D eigenvalue weighted by Crippen LogP contribution is 2.27. The van der Waals surface area contributed by atoms with Crippen LogP contribution in [0.3, 0.4) is 0 Å². The van der Waals surface area contributed by atoms with E-state index in [4.69, 9.17) is 0 Å². The summed E-state index contributed by atoms with van der Waals surface area (Å²) in [4.78, 5) is 28.8. The van der Waals surface area contributed by atoms with Crippen LogP contribution in [0.4, 0.5) is 5.69 Å². The van der Waals surface area contributed by atoms with Crippen LogP contribution in [0.2, 0.25) is 0 Å². The summed E-state index contributed by atoms with van der Waals surface area (Å²) in [7, 11) is -4.09. The Bertz CT molecular complexity index is 1370. The van der Waals surface area contributed by atoms with E-state index >= 15 is 0 Å². The molecule has 1 unspecified atom stereocenters. The molecule has 0 heterocycles. The number of nitrogens with one attached hydrogen (secondary N) is 1. The van der Waals surface area contributed by atoms with Gasteiger partial charge in [0.15, 0.2) is 0 Å². The van der Waals surface area contributed by atoms with E-state index in [1.165, 1.54) is 4.90 Å². The number of nitrogens with zero attached hydrogens (tertiary/aromatic N) is 2. The van der Waals surface area contributed by atoms with Gasteiger partial charge >= 0.3 is 0 Å². The van der Waals surface area contributed by atoms with Gasteiger partial charge in [0.2, 0.25) is 11.8 Å². The molecule has 3 aromatic rings. The van der Waals surface area contributed by atoms with Crippen LogP contribution in [-0.4, -0.2) is 43.8 Å². The van der Waals surface area contributed by atoms with Crippen molar-refractivity contribution in [2.75, 3.05) is 10.8 Å². The maximum absolute atomic E-state index is 14.1. The predicted octanol–water partition coefficient (Wildman–Crippen LogP) is 5.14. The van der Waals surface area contributed by atoms with Gasteiger partial charge in [0.1, 0.15) is 12.6 Å². The lowest BCUT2D eigenvalue weighted by Crippen LogP contribution is -2.53. The van der Waals surface area contributed by atoms with Gasteiger partial charge in [0, 0.05) is 12.6 Å². The second kappa shape index (κ2) is 12.9. The minimum absolute atomic E-state index is 0.0965. The van der Waals surface area contributed by atoms with E-state index in [0.717, 1.165) is 26.6 Å². The summed E-state index contributed by atoms with van der Waals surface area (Å²) in [5, 5.41) is 2.91. The summed E-state index contributed by atoms with van der Waals surface area (Å²) in [5.41, 5.74) is 3.94. The summed E-state index contributed by atoms with van der Waals surface area (Å²) in [6.45, 7) is 11.0. The van der Waals surface area contributed by atoms with E-state index in [9.17, 15) is 18.0 Å². The first-order valence-electron chi connectivity index (χ1n) is 13.2. The van der Waals surface area contributed by atoms with Crippen molar-refractivity contribution in [1.29, 1.82) is 0 Å². The standard InChI is InChI=1S/C31H39N3O4S/c1-7-29(31(36)32-22(2)3)33(20-26-11-9-8-10-12-26)30(35)21-34(27-18-24(5)17-25(6)19-27)39(37,38)28-15-13-23(4)14-16-28/h8-19,22,29H,7,20-21H2,1-6H3,(H,32,36). The molecule has 39 heavy (non-hydrogen) atoms. The number of benzene rings is 3. The molecule has 1 atom stereocenters. The molecule has 3 rings (SSSR count). The highest BCUT2D eigenvalue weighted by molar-refractivity contribution is 7.92. The smallest absolute Gasteiger partial charge is 0.264 e. The second-order valence-corrected chi connectivity index (χ2v) is 12.1. The summed E-state index contributed by atoms with van der Waals surface area (Å²) in [6.07, 6.45) is 0.380. The van der Waals surface area contributed by atoms with Gasteiger partial charge in [-0.15, -0.1) is 0 Å². The number of carbonyl (C=O) groups excluding carboxylic acids is 2. The fourth-order valence-corrected chi connectivity index (χ4v) is 5.94. The Morgan fingerprint density at radius 1 is 0.846 bits per heavy atom. The fourth-order valence-electron chi connectivity index (χ4n) is 4.54. The predicted molar refractivity (Wildman–Crippen MR) is 156 cm³/mol. The van der Waals surface area contributed by atoms with Crippen LogP contribution in [0.15, 0.2) is 77.7 Å². The lowest BCUT2D eigenvalue weighted by molar-refractivity contribution is -0.140. The number of rotatable bonds is 11. The Morgan fingerprint density at radius 2 is 1.44 bits per heavy atom. The summed E-state index contributed by atoms with van der Waals surface area (Å²) >= 11 is 0. The average molecular weight is 550 g/mol. The van der Waals surface area contributed by atoms with Crippen LogP contribution < -0.4 is 9.62 Å². The van der Waals surface area contributed by atoms with E-state index in [2.05, 4.69) is 5.32 Å². The van der Waals surface area contributed by atoms with Crippen LogP contribution in [0, 0.1) is 20.8 Å². The summed E-state index contributed by atoms with van der Waals surface area (Å²) < 4.78 is 29.1. The maximum Gasteiger partial charge on any atom is 0.264 e. The van der Waals surface area contributed by atoms with E-state index in [1.807, 2.05) is 77.9 Å². The zero-order valence-electron chi connectivity index (χ0n) is 23.6. The first-order chi connectivity index (χ1) is 18.4. The molecule has 3 aromatic carbocycles. The molecule has 0 radical (unpaired) electrons. The van der Waals surface area contributed by atoms with Crippen molar-refractivity contribution in [2.45, 2.75) is 71.5 Å². The van der Waals surface area contributed by atoms with Crippen molar-refractivity contribution < 1.29 is 18.0 Å². The molecule has 0 saturated carbocycles. The van der Waals surface area contributed by atoms with Gasteiger partial charge in [-0.25, -0.2) is 8.42 Å². The van der Waals surface area contributed by atoms with E-state index in [1.54, 1.807) is 36.4 Å². The zero-order chi connectivity index (χ0) is 28.7. The zero-order valence-corrected chi connectivity index (χ0v) is 24.5. The third-order valence-corrected chi connectivity index (χ3v) is 8.18. The molecule has 1 N–H and O–H groups in total. The van der Waals surface area contributed by atoms with E-state index in [-0.39, 0.29) is 23.4 Å². The quantitative estimate of drug-likeness (QED) is 0.359. The molecule has 0 aliphatic carbocycles. The number of anilines is 1. The molecule has 0 saturated heterocycles. The maximum atomic E-state index is 14.1. The van der Waals surface area contributed by atoms with E-state index in [0.29, 0.717) is 12.1 Å². The molecule has 7 nitrogen and oxygen atoms in total. The van der Waals surface area contributed by atoms with Crippen molar-refractivity contribution >= 4 is 27.5 Å². The molecule has 0 aliphatic heterocycles. The lowest BCUT2D eigenvalue weighted by atomic mass is 10.1. The van der Waals surface area contributed by atoms with Crippen LogP contribution >= 0.6 is 0 Å². The highest BCUT2D eigenvalue weighted by Gasteiger charge is 2.34. The number of hydrogen-bond acceptors (Lipinski definition) is 4. The third-order valence-electron chi connectivity index (χ3n) is 6.39. The molecule has 2 amide bonds. The topological polar surface area (TPSA) is 86.8 Å². The first kappa shape index (κ1) is 29.9. The molecule has 8 heteroatoms. The second-order valence-electron chi connectivity index (χ2n) is 10.3. The van der Waals surface area contributed by atoms with Gasteiger partial charge in [-0.2, -0.15) is 0 Å². The third kappa shape index (κ3) is 7.69. The van der Waals surface area contributed by atoms with Crippen molar-refractivity contribution in [3.63, 3.8) is 0 Å². The van der Waals surface area contributed by atoms with Crippen LogP contribution in [0.5, 0.6) is 0 Å². The summed E-state index contributed by atoms with van der Waals surface area (Å²) in [5.74, 6) is -0.726. The van der Waals surface area contributed by atoms with Crippen LogP contribution in [0.25, 0.3) is 0 Å². The molecular formula is C31H39N3O4S. The van der Waals surface area contributed by atoms with Crippen LogP contribution in [0.1, 0.15) is 49.4 Å². The lowest BCUT2D eigenvalue weighted by Gasteiger charge is -2.33. The molecule has 0 spiro atoms. The average Bonchev–Trinajstić information content (AvgIpc) is 2.86. The molecule has 0 aliphatic rings. The van der Waals surface area contributed by atoms with Crippen molar-refractivity contribution in [2.24, 2.45) is 0 Å². The van der Waals surface area contributed by atoms with Gasteiger partial charge in [-0.3, -0.25) is 13.9 Å². The molecule has 0 bridgehead atoms. The molecule has 0 aromatic heterocycles. The highest BCUT2D eigenvalue weighted by atomic mass is 32.2. The Hall–Kier alpha value is -3.65. The van der Waals surface area contributed by atoms with Crippen molar-refractivity contribution in [3.8, 4) is 0 Å². The Kier molecular flexibility index (Phi) is 9.92. The van der Waals surface area contributed by atoms with E-state index < -0.39 is 28.5 Å². The number of sulfonamides is 1. The fraction of sp³-hybridized carbons (Fsp3) is 0.355. The van der Waals surface area contributed by atoms with Gasteiger partial charge in [0.05, 0.1) is 10.6 Å². The SMILES string of the molecule is CCC(C(=O)NC(C)C)N(Cc1ccccc1)C(=O)CN(c1cc(C)cc(C)c1)S(=O)(=O)c1ccc(C)cc1. The largest absolute Gasteiger partial charge is 0.352 e. The van der Waals surface area contributed by atoms with Crippen LogP contribution in [-0.2, 0) is 26.2 Å². The van der Waals surface area contributed by atoms with Gasteiger partial charge in [-0.1, -0.05) is 61.0 Å². The molecular weight excluding hydrogens is 510 g/mol. The Labute approximate surface area is 232 Å². The number of hydrogen-bond donors (Lipinski definition) is 1. The van der Waals surface area contributed by atoms with Crippen molar-refractivity contribution in [3.05, 3.63) is 95.1 Å². The Morgan fingerprint density at radius 3 is 1.97 bits per heavy atom. The number of amides is 2. The normalized spacial score (nSPS) is 12.2. The van der Waals surface area contributed by atoms with Gasteiger partial charge in [0.25, 0.3) is 10.0 Å². The van der Waals surface area contributed by atoms with Gasteiger partial charge in [-0.05, 0) is 82.0 Å². The number of aryl methyl sites for hydroxylation is 3. The number of carbonyl (C=O) groups is 2. The minimum Gasteiger partial charge on any atom is -0.352 e. The monoisotopic (exact) mass is 549 g/mol. The summed E-state index contributed by atoms with van der Waals surface area (Å²) in [6, 6.07) is 20.6. The Balaban J connectivity index is 2.08. The molecule has 208 valence electrons. The van der Waals surface area contributed by atoms with Gasteiger partial charge < -0.3 is 10.2 Å². The first-order valence-corrected chi connectivity index (χ1v) is 14.7. The molecule has 0 fully saturated rings.